The van der Waals surface area contributed by atoms with Gasteiger partial charge in [0, 0.05) is 22.0 Å². The van der Waals surface area contributed by atoms with Gasteiger partial charge in [-0.2, -0.15) is 0 Å². The highest BCUT2D eigenvalue weighted by Gasteiger charge is 2.26. The Morgan fingerprint density at radius 3 is 2.40 bits per heavy atom. The van der Waals surface area contributed by atoms with Crippen LogP contribution in [-0.4, -0.2) is 28.3 Å². The van der Waals surface area contributed by atoms with Crippen LogP contribution in [0.2, 0.25) is 17.6 Å². The van der Waals surface area contributed by atoms with Crippen molar-refractivity contribution >= 4 is 8.80 Å². The SMILES string of the molecule is CCOC(C[SiH]1CCCCC1C)OCC. The highest BCUT2D eigenvalue weighted by atomic mass is 28.3. The largest absolute Gasteiger partial charge is 0.353 e. The molecule has 1 heterocycles. The Bertz CT molecular complexity index is 158. The molecule has 0 N–H and O–H groups in total. The Hall–Kier alpha value is 0.137. The molecule has 0 bridgehead atoms. The third kappa shape index (κ3) is 4.66. The summed E-state index contributed by atoms with van der Waals surface area (Å²) in [5, 5.41) is 0. The Morgan fingerprint density at radius 1 is 1.20 bits per heavy atom. The summed E-state index contributed by atoms with van der Waals surface area (Å²) in [5.74, 6) is 0. The molecule has 0 amide bonds. The van der Waals surface area contributed by atoms with E-state index < -0.39 is 8.80 Å². The zero-order valence-electron chi connectivity index (χ0n) is 10.5. The molecule has 2 nitrogen and oxygen atoms in total. The zero-order valence-corrected chi connectivity index (χ0v) is 11.7. The molecule has 0 aromatic heterocycles. The van der Waals surface area contributed by atoms with E-state index in [1.54, 1.807) is 0 Å². The molecule has 90 valence electrons. The van der Waals surface area contributed by atoms with Crippen molar-refractivity contribution < 1.29 is 9.47 Å². The second kappa shape index (κ2) is 7.42. The smallest absolute Gasteiger partial charge is 0.154 e. The van der Waals surface area contributed by atoms with Gasteiger partial charge in [0.15, 0.2) is 6.29 Å². The van der Waals surface area contributed by atoms with Crippen molar-refractivity contribution in [2.24, 2.45) is 0 Å². The van der Waals surface area contributed by atoms with Gasteiger partial charge in [0.25, 0.3) is 0 Å². The molecule has 1 saturated heterocycles. The Labute approximate surface area is 96.0 Å². The zero-order chi connectivity index (χ0) is 11.1. The van der Waals surface area contributed by atoms with Crippen LogP contribution in [0.3, 0.4) is 0 Å². The van der Waals surface area contributed by atoms with Crippen molar-refractivity contribution in [3.05, 3.63) is 0 Å². The summed E-state index contributed by atoms with van der Waals surface area (Å²) < 4.78 is 11.3. The average Bonchev–Trinajstić information content (AvgIpc) is 2.22. The van der Waals surface area contributed by atoms with Gasteiger partial charge in [-0.25, -0.2) is 0 Å². The molecule has 3 heteroatoms. The van der Waals surface area contributed by atoms with Gasteiger partial charge >= 0.3 is 0 Å². The van der Waals surface area contributed by atoms with E-state index in [1.807, 2.05) is 0 Å². The van der Waals surface area contributed by atoms with Crippen LogP contribution < -0.4 is 0 Å². The number of ether oxygens (including phenoxy) is 2. The Kier molecular flexibility index (Phi) is 6.53. The third-order valence-corrected chi connectivity index (χ3v) is 7.57. The van der Waals surface area contributed by atoms with Crippen molar-refractivity contribution in [1.29, 1.82) is 0 Å². The predicted molar refractivity (Wildman–Crippen MR) is 67.1 cm³/mol. The van der Waals surface area contributed by atoms with E-state index in [4.69, 9.17) is 9.47 Å². The predicted octanol–water partition coefficient (Wildman–Crippen LogP) is 3.19. The molecular weight excluding hydrogens is 204 g/mol. The molecule has 1 aliphatic heterocycles. The highest BCUT2D eigenvalue weighted by Crippen LogP contribution is 2.31. The summed E-state index contributed by atoms with van der Waals surface area (Å²) in [4.78, 5) is 0. The minimum atomic E-state index is -0.591. The maximum atomic E-state index is 5.65. The molecule has 0 radical (unpaired) electrons. The van der Waals surface area contributed by atoms with E-state index in [0.717, 1.165) is 18.8 Å². The van der Waals surface area contributed by atoms with Gasteiger partial charge in [-0.05, 0) is 19.9 Å². The quantitative estimate of drug-likeness (QED) is 0.515. The van der Waals surface area contributed by atoms with Crippen LogP contribution >= 0.6 is 0 Å². The van der Waals surface area contributed by atoms with Crippen LogP contribution in [0, 0.1) is 0 Å². The first kappa shape index (κ1) is 13.2. The molecule has 0 aliphatic carbocycles. The lowest BCUT2D eigenvalue weighted by atomic mass is 10.2. The van der Waals surface area contributed by atoms with E-state index in [2.05, 4.69) is 20.8 Å². The fraction of sp³-hybridized carbons (Fsp3) is 1.00. The molecule has 2 atom stereocenters. The van der Waals surface area contributed by atoms with E-state index in [-0.39, 0.29) is 6.29 Å². The van der Waals surface area contributed by atoms with Gasteiger partial charge in [-0.15, -0.1) is 0 Å². The number of rotatable bonds is 6. The van der Waals surface area contributed by atoms with Crippen LogP contribution in [-0.2, 0) is 9.47 Å². The van der Waals surface area contributed by atoms with Gasteiger partial charge in [0.05, 0.1) is 0 Å². The van der Waals surface area contributed by atoms with Crippen LogP contribution in [0.25, 0.3) is 0 Å². The lowest BCUT2D eigenvalue weighted by Gasteiger charge is -2.30. The first-order valence-corrected chi connectivity index (χ1v) is 8.81. The summed E-state index contributed by atoms with van der Waals surface area (Å²) in [6.07, 6.45) is 4.43. The molecule has 2 unspecified atom stereocenters. The minimum absolute atomic E-state index is 0.0946. The maximum Gasteiger partial charge on any atom is 0.154 e. The second-order valence-electron chi connectivity index (χ2n) is 4.60. The van der Waals surface area contributed by atoms with Gasteiger partial charge in [-0.1, -0.05) is 37.8 Å². The van der Waals surface area contributed by atoms with Crippen molar-refractivity contribution in [2.45, 2.75) is 64.0 Å². The Morgan fingerprint density at radius 2 is 1.87 bits per heavy atom. The molecule has 0 aromatic rings. The van der Waals surface area contributed by atoms with Crippen LogP contribution in [0.5, 0.6) is 0 Å². The first-order valence-electron chi connectivity index (χ1n) is 6.51. The summed E-state index contributed by atoms with van der Waals surface area (Å²) >= 11 is 0. The number of hydrogen-bond donors (Lipinski definition) is 0. The topological polar surface area (TPSA) is 18.5 Å². The highest BCUT2D eigenvalue weighted by molar-refractivity contribution is 6.60. The second-order valence-corrected chi connectivity index (χ2v) is 8.30. The molecular formula is C12H26O2Si. The van der Waals surface area contributed by atoms with Crippen molar-refractivity contribution in [3.63, 3.8) is 0 Å². The summed E-state index contributed by atoms with van der Waals surface area (Å²) in [6, 6.07) is 2.72. The average molecular weight is 230 g/mol. The van der Waals surface area contributed by atoms with Crippen LogP contribution in [0.15, 0.2) is 0 Å². The standard InChI is InChI=1S/C12H26O2Si/c1-4-13-12(14-5-2)10-15-9-7-6-8-11(15)3/h11-12,15H,4-10H2,1-3H3. The van der Waals surface area contributed by atoms with Crippen LogP contribution in [0.4, 0.5) is 0 Å². The normalized spacial score (nSPS) is 27.2. The molecule has 0 spiro atoms. The monoisotopic (exact) mass is 230 g/mol. The summed E-state index contributed by atoms with van der Waals surface area (Å²) in [5.41, 5.74) is 0.988. The van der Waals surface area contributed by atoms with E-state index in [9.17, 15) is 0 Å². The molecule has 0 aromatic carbocycles. The molecule has 1 fully saturated rings. The summed E-state index contributed by atoms with van der Waals surface area (Å²) in [6.45, 7) is 8.10. The van der Waals surface area contributed by atoms with Crippen molar-refractivity contribution in [3.8, 4) is 0 Å². The molecule has 15 heavy (non-hydrogen) atoms. The minimum Gasteiger partial charge on any atom is -0.353 e. The fourth-order valence-electron chi connectivity index (χ4n) is 2.55. The van der Waals surface area contributed by atoms with Gasteiger partial charge in [0.1, 0.15) is 0 Å². The molecule has 0 saturated carbocycles. The van der Waals surface area contributed by atoms with Gasteiger partial charge in [-0.3, -0.25) is 0 Å². The van der Waals surface area contributed by atoms with Gasteiger partial charge < -0.3 is 9.47 Å². The Balaban J connectivity index is 2.33. The number of hydrogen-bond acceptors (Lipinski definition) is 2. The lowest BCUT2D eigenvalue weighted by Crippen LogP contribution is -2.30. The van der Waals surface area contributed by atoms with Crippen molar-refractivity contribution in [1.82, 2.24) is 0 Å². The van der Waals surface area contributed by atoms with E-state index >= 15 is 0 Å². The van der Waals surface area contributed by atoms with Crippen molar-refractivity contribution in [2.75, 3.05) is 13.2 Å². The third-order valence-electron chi connectivity index (χ3n) is 3.49. The van der Waals surface area contributed by atoms with Crippen LogP contribution in [0.1, 0.15) is 40.0 Å². The van der Waals surface area contributed by atoms with Gasteiger partial charge in [0.2, 0.25) is 0 Å². The molecule has 1 rings (SSSR count). The maximum absolute atomic E-state index is 5.65. The summed E-state index contributed by atoms with van der Waals surface area (Å²) in [7, 11) is -0.591. The lowest BCUT2D eigenvalue weighted by molar-refractivity contribution is -0.123. The van der Waals surface area contributed by atoms with E-state index in [1.165, 1.54) is 31.4 Å². The first-order chi connectivity index (χ1) is 7.27. The van der Waals surface area contributed by atoms with E-state index in [0.29, 0.717) is 0 Å². The molecule has 1 aliphatic rings. The fourth-order valence-corrected chi connectivity index (χ4v) is 6.10.